The van der Waals surface area contributed by atoms with Crippen LogP contribution in [0.3, 0.4) is 0 Å². The summed E-state index contributed by atoms with van der Waals surface area (Å²) in [6.45, 7) is 7.12. The van der Waals surface area contributed by atoms with E-state index >= 15 is 0 Å². The summed E-state index contributed by atoms with van der Waals surface area (Å²) in [5, 5.41) is 2.87. The highest BCUT2D eigenvalue weighted by atomic mass is 32.2. The maximum absolute atomic E-state index is 11.9. The Morgan fingerprint density at radius 2 is 1.82 bits per heavy atom. The van der Waals surface area contributed by atoms with Crippen LogP contribution in [0.4, 0.5) is 0 Å². The van der Waals surface area contributed by atoms with Crippen molar-refractivity contribution in [2.75, 3.05) is 13.1 Å². The molecule has 2 N–H and O–H groups in total. The first-order valence-corrected chi connectivity index (χ1v) is 9.18. The normalized spacial score (nSPS) is 11.6. The number of hydrogen-bond donors (Lipinski definition) is 2. The summed E-state index contributed by atoms with van der Waals surface area (Å²) in [7, 11) is -3.42. The molecule has 0 aromatic heterocycles. The Bertz CT molecular complexity index is 566. The lowest BCUT2D eigenvalue weighted by molar-refractivity contribution is -0.121. The minimum Gasteiger partial charge on any atom is -0.356 e. The average Bonchev–Trinajstić information content (AvgIpc) is 2.49. The molecule has 0 aliphatic rings. The van der Waals surface area contributed by atoms with E-state index in [1.165, 1.54) is 0 Å². The highest BCUT2D eigenvalue weighted by molar-refractivity contribution is 7.89. The Kier molecular flexibility index (Phi) is 7.55. The molecule has 0 saturated heterocycles. The zero-order chi connectivity index (χ0) is 16.6. The third kappa shape index (κ3) is 6.58. The van der Waals surface area contributed by atoms with E-state index < -0.39 is 10.0 Å². The van der Waals surface area contributed by atoms with Gasteiger partial charge in [0.05, 0.1) is 4.90 Å². The number of aryl methyl sites for hydroxylation is 1. The van der Waals surface area contributed by atoms with Crippen LogP contribution >= 0.6 is 0 Å². The molecule has 0 heterocycles. The van der Waals surface area contributed by atoms with Crippen LogP contribution in [0.1, 0.15) is 39.2 Å². The first-order chi connectivity index (χ1) is 10.3. The van der Waals surface area contributed by atoms with Gasteiger partial charge in [-0.1, -0.05) is 32.9 Å². The summed E-state index contributed by atoms with van der Waals surface area (Å²) in [4.78, 5) is 11.9. The Balaban J connectivity index is 2.53. The highest BCUT2D eigenvalue weighted by Crippen LogP contribution is 2.12. The molecule has 1 aromatic rings. The van der Waals surface area contributed by atoms with E-state index in [9.17, 15) is 13.2 Å². The Morgan fingerprint density at radius 3 is 2.36 bits per heavy atom. The van der Waals surface area contributed by atoms with Gasteiger partial charge in [0.2, 0.25) is 15.9 Å². The van der Waals surface area contributed by atoms with Gasteiger partial charge in [-0.2, -0.15) is 0 Å². The van der Waals surface area contributed by atoms with Crippen LogP contribution in [-0.2, 0) is 21.2 Å². The molecular formula is C16H26N2O3S. The second kappa shape index (κ2) is 8.90. The number of nitrogens with one attached hydrogen (secondary N) is 2. The number of carbonyl (C=O) groups is 1. The van der Waals surface area contributed by atoms with Crippen LogP contribution in [0.25, 0.3) is 0 Å². The lowest BCUT2D eigenvalue weighted by Gasteiger charge is -2.08. The van der Waals surface area contributed by atoms with Crippen LogP contribution in [0, 0.1) is 5.92 Å². The monoisotopic (exact) mass is 326 g/mol. The van der Waals surface area contributed by atoms with E-state index in [1.807, 2.05) is 20.8 Å². The van der Waals surface area contributed by atoms with E-state index in [-0.39, 0.29) is 10.8 Å². The van der Waals surface area contributed by atoms with Gasteiger partial charge in [-0.15, -0.1) is 0 Å². The molecule has 1 amide bonds. The van der Waals surface area contributed by atoms with Crippen molar-refractivity contribution in [3.63, 3.8) is 0 Å². The van der Waals surface area contributed by atoms with Gasteiger partial charge in [-0.3, -0.25) is 4.79 Å². The van der Waals surface area contributed by atoms with Crippen molar-refractivity contribution in [2.24, 2.45) is 5.92 Å². The summed E-state index contributed by atoms with van der Waals surface area (Å²) in [6.07, 6.45) is 1.77. The molecule has 22 heavy (non-hydrogen) atoms. The molecule has 6 heteroatoms. The van der Waals surface area contributed by atoms with E-state index in [4.69, 9.17) is 0 Å². The molecule has 0 aliphatic heterocycles. The van der Waals surface area contributed by atoms with Gasteiger partial charge in [0.1, 0.15) is 0 Å². The van der Waals surface area contributed by atoms with Crippen LogP contribution < -0.4 is 10.0 Å². The van der Waals surface area contributed by atoms with E-state index in [2.05, 4.69) is 10.0 Å². The first-order valence-electron chi connectivity index (χ1n) is 7.70. The quantitative estimate of drug-likeness (QED) is 0.729. The predicted molar refractivity (Wildman–Crippen MR) is 88.1 cm³/mol. The number of rotatable bonds is 9. The predicted octanol–water partition coefficient (Wildman–Crippen LogP) is 2.08. The molecule has 0 fully saturated rings. The first kappa shape index (κ1) is 18.6. The molecule has 5 nitrogen and oxygen atoms in total. The average molecular weight is 326 g/mol. The zero-order valence-electron chi connectivity index (χ0n) is 13.6. The van der Waals surface area contributed by atoms with Crippen molar-refractivity contribution < 1.29 is 13.2 Å². The summed E-state index contributed by atoms with van der Waals surface area (Å²) in [6, 6.07) is 6.69. The van der Waals surface area contributed by atoms with Gasteiger partial charge in [-0.25, -0.2) is 13.1 Å². The summed E-state index contributed by atoms with van der Waals surface area (Å²) in [5.41, 5.74) is 0.953. The molecule has 124 valence electrons. The second-order valence-electron chi connectivity index (χ2n) is 5.74. The van der Waals surface area contributed by atoms with Gasteiger partial charge in [-0.05, 0) is 36.5 Å². The molecule has 1 aromatic carbocycles. The molecule has 1 rings (SSSR count). The van der Waals surface area contributed by atoms with Gasteiger partial charge in [0.15, 0.2) is 0 Å². The van der Waals surface area contributed by atoms with Crippen molar-refractivity contribution in [1.82, 2.24) is 10.0 Å². The van der Waals surface area contributed by atoms with Crippen molar-refractivity contribution in [2.45, 2.75) is 44.9 Å². The zero-order valence-corrected chi connectivity index (χ0v) is 14.4. The topological polar surface area (TPSA) is 75.3 Å². The molecule has 0 saturated carbocycles. The van der Waals surface area contributed by atoms with E-state index in [1.54, 1.807) is 24.3 Å². The SMILES string of the molecule is CCCNS(=O)(=O)c1ccc(CCC(=O)NCC(C)C)cc1. The second-order valence-corrected chi connectivity index (χ2v) is 7.51. The smallest absolute Gasteiger partial charge is 0.240 e. The molecule has 0 spiro atoms. The fourth-order valence-corrected chi connectivity index (χ4v) is 2.95. The molecule has 0 aliphatic carbocycles. The van der Waals surface area contributed by atoms with Crippen molar-refractivity contribution >= 4 is 15.9 Å². The number of carbonyl (C=O) groups excluding carboxylic acids is 1. The Hall–Kier alpha value is -1.40. The Labute approximate surface area is 133 Å². The molecule has 0 bridgehead atoms. The van der Waals surface area contributed by atoms with Crippen molar-refractivity contribution in [3.05, 3.63) is 29.8 Å². The fraction of sp³-hybridized carbons (Fsp3) is 0.562. The summed E-state index contributed by atoms with van der Waals surface area (Å²) < 4.78 is 26.4. The van der Waals surface area contributed by atoms with Crippen LogP contribution in [0.5, 0.6) is 0 Å². The third-order valence-electron chi connectivity index (χ3n) is 3.12. The highest BCUT2D eigenvalue weighted by Gasteiger charge is 2.12. The molecule has 0 atom stereocenters. The van der Waals surface area contributed by atoms with Crippen molar-refractivity contribution in [3.8, 4) is 0 Å². The molecular weight excluding hydrogens is 300 g/mol. The maximum atomic E-state index is 11.9. The lowest BCUT2D eigenvalue weighted by atomic mass is 10.1. The largest absolute Gasteiger partial charge is 0.356 e. The van der Waals surface area contributed by atoms with Crippen LogP contribution in [-0.4, -0.2) is 27.4 Å². The third-order valence-corrected chi connectivity index (χ3v) is 4.60. The van der Waals surface area contributed by atoms with E-state index in [0.29, 0.717) is 31.8 Å². The Morgan fingerprint density at radius 1 is 1.18 bits per heavy atom. The number of amides is 1. The maximum Gasteiger partial charge on any atom is 0.240 e. The van der Waals surface area contributed by atoms with Gasteiger partial charge in [0, 0.05) is 19.5 Å². The minimum atomic E-state index is -3.42. The molecule has 0 radical (unpaired) electrons. The fourth-order valence-electron chi connectivity index (χ4n) is 1.82. The molecule has 0 unspecified atom stereocenters. The van der Waals surface area contributed by atoms with Gasteiger partial charge < -0.3 is 5.32 Å². The van der Waals surface area contributed by atoms with Gasteiger partial charge >= 0.3 is 0 Å². The summed E-state index contributed by atoms with van der Waals surface area (Å²) in [5.74, 6) is 0.457. The minimum absolute atomic E-state index is 0.0232. The standard InChI is InChI=1S/C16H26N2O3S/c1-4-11-18-22(20,21)15-8-5-14(6-9-15)7-10-16(19)17-12-13(2)3/h5-6,8-9,13,18H,4,7,10-12H2,1-3H3,(H,17,19). The lowest BCUT2D eigenvalue weighted by Crippen LogP contribution is -2.27. The van der Waals surface area contributed by atoms with Crippen LogP contribution in [0.2, 0.25) is 0 Å². The summed E-state index contributed by atoms with van der Waals surface area (Å²) >= 11 is 0. The number of hydrogen-bond acceptors (Lipinski definition) is 3. The van der Waals surface area contributed by atoms with Crippen molar-refractivity contribution in [1.29, 1.82) is 0 Å². The van der Waals surface area contributed by atoms with E-state index in [0.717, 1.165) is 12.0 Å². The number of sulfonamides is 1. The van der Waals surface area contributed by atoms with Crippen LogP contribution in [0.15, 0.2) is 29.2 Å². The number of benzene rings is 1. The van der Waals surface area contributed by atoms with Gasteiger partial charge in [0.25, 0.3) is 0 Å².